The van der Waals surface area contributed by atoms with E-state index in [1.165, 1.54) is 0 Å². The fraction of sp³-hybridized carbons (Fsp3) is 0.385. The van der Waals surface area contributed by atoms with E-state index < -0.39 is 12.1 Å². The van der Waals surface area contributed by atoms with Gasteiger partial charge in [-0.3, -0.25) is 4.79 Å². The lowest BCUT2D eigenvalue weighted by molar-refractivity contribution is -0.131. The molecule has 0 saturated carbocycles. The third-order valence-corrected chi connectivity index (χ3v) is 2.42. The Labute approximate surface area is 100.0 Å². The molecule has 17 heavy (non-hydrogen) atoms. The smallest absolute Gasteiger partial charge is 0.339 e. The van der Waals surface area contributed by atoms with E-state index in [4.69, 9.17) is 4.74 Å². The van der Waals surface area contributed by atoms with Crippen molar-refractivity contribution in [1.82, 2.24) is 5.32 Å². The highest BCUT2D eigenvalue weighted by atomic mass is 16.6. The summed E-state index contributed by atoms with van der Waals surface area (Å²) in [6, 6.07) is 6.96. The van der Waals surface area contributed by atoms with Crippen molar-refractivity contribution in [2.75, 3.05) is 0 Å². The summed E-state index contributed by atoms with van der Waals surface area (Å²) in [5, 5.41) is 2.81. The molecule has 0 aromatic heterocycles. The van der Waals surface area contributed by atoms with Crippen molar-refractivity contribution in [2.45, 2.75) is 32.4 Å². The molecule has 0 bridgehead atoms. The zero-order chi connectivity index (χ0) is 12.6. The number of esters is 1. The van der Waals surface area contributed by atoms with Gasteiger partial charge in [0, 0.05) is 11.1 Å². The number of amides is 1. The minimum atomic E-state index is -0.821. The monoisotopic (exact) mass is 233 g/mol. The fourth-order valence-corrected chi connectivity index (χ4v) is 1.78. The van der Waals surface area contributed by atoms with Crippen LogP contribution in [0.25, 0.3) is 0 Å². The van der Waals surface area contributed by atoms with Gasteiger partial charge < -0.3 is 10.1 Å². The molecule has 1 aromatic carbocycles. The van der Waals surface area contributed by atoms with Gasteiger partial charge in [-0.15, -0.1) is 0 Å². The van der Waals surface area contributed by atoms with E-state index in [0.717, 1.165) is 0 Å². The standard InChI is InChI=1S/C13H15NO3/c1-13(2,3)14-11(15)10-8-6-4-5-7-9(8)12(16)17-10/h4-7,10H,1-3H3,(H,14,15). The Morgan fingerprint density at radius 3 is 2.59 bits per heavy atom. The summed E-state index contributed by atoms with van der Waals surface area (Å²) >= 11 is 0. The summed E-state index contributed by atoms with van der Waals surface area (Å²) in [6.45, 7) is 5.65. The van der Waals surface area contributed by atoms with E-state index in [0.29, 0.717) is 11.1 Å². The van der Waals surface area contributed by atoms with Crippen LogP contribution in [0.4, 0.5) is 0 Å². The number of cyclic esters (lactones) is 1. The summed E-state index contributed by atoms with van der Waals surface area (Å²) in [7, 11) is 0. The second-order valence-electron chi connectivity index (χ2n) is 5.11. The van der Waals surface area contributed by atoms with Crippen LogP contribution in [0.1, 0.15) is 42.8 Å². The van der Waals surface area contributed by atoms with E-state index in [9.17, 15) is 9.59 Å². The molecule has 1 N–H and O–H groups in total. The number of ether oxygens (including phenoxy) is 1. The maximum atomic E-state index is 12.0. The van der Waals surface area contributed by atoms with Crippen molar-refractivity contribution in [1.29, 1.82) is 0 Å². The molecule has 90 valence electrons. The van der Waals surface area contributed by atoms with E-state index in [1.54, 1.807) is 24.3 Å². The zero-order valence-corrected chi connectivity index (χ0v) is 10.1. The van der Waals surface area contributed by atoms with Gasteiger partial charge in [0.05, 0.1) is 5.56 Å². The van der Waals surface area contributed by atoms with Crippen LogP contribution in [0.5, 0.6) is 0 Å². The van der Waals surface area contributed by atoms with Gasteiger partial charge >= 0.3 is 5.97 Å². The van der Waals surface area contributed by atoms with E-state index in [2.05, 4.69) is 5.32 Å². The average Bonchev–Trinajstić information content (AvgIpc) is 2.55. The first-order valence-electron chi connectivity index (χ1n) is 5.50. The highest BCUT2D eigenvalue weighted by molar-refractivity contribution is 5.99. The third-order valence-electron chi connectivity index (χ3n) is 2.42. The average molecular weight is 233 g/mol. The number of hydrogen-bond donors (Lipinski definition) is 1. The molecular weight excluding hydrogens is 218 g/mol. The van der Waals surface area contributed by atoms with Gasteiger partial charge in [0.1, 0.15) is 0 Å². The molecule has 4 heteroatoms. The first kappa shape index (κ1) is 11.6. The number of benzene rings is 1. The molecule has 1 unspecified atom stereocenters. The molecule has 0 radical (unpaired) electrons. The minimum absolute atomic E-state index is 0.282. The Morgan fingerprint density at radius 1 is 1.29 bits per heavy atom. The predicted molar refractivity (Wildman–Crippen MR) is 62.5 cm³/mol. The van der Waals surface area contributed by atoms with Crippen molar-refractivity contribution in [3.8, 4) is 0 Å². The summed E-state index contributed by atoms with van der Waals surface area (Å²) < 4.78 is 5.09. The second kappa shape index (κ2) is 3.87. The molecule has 0 saturated heterocycles. The highest BCUT2D eigenvalue weighted by Gasteiger charge is 2.36. The van der Waals surface area contributed by atoms with Crippen LogP contribution < -0.4 is 5.32 Å². The molecular formula is C13H15NO3. The molecule has 1 aliphatic heterocycles. The first-order chi connectivity index (χ1) is 7.88. The number of carbonyl (C=O) groups excluding carboxylic acids is 2. The van der Waals surface area contributed by atoms with E-state index >= 15 is 0 Å². The summed E-state index contributed by atoms with van der Waals surface area (Å²) in [6.07, 6.45) is -0.821. The lowest BCUT2D eigenvalue weighted by Gasteiger charge is -2.22. The van der Waals surface area contributed by atoms with Crippen LogP contribution in [0.15, 0.2) is 24.3 Å². The van der Waals surface area contributed by atoms with Gasteiger partial charge in [-0.1, -0.05) is 18.2 Å². The Balaban J connectivity index is 2.26. The number of carbonyl (C=O) groups is 2. The number of fused-ring (bicyclic) bond motifs is 1. The van der Waals surface area contributed by atoms with Crippen molar-refractivity contribution >= 4 is 11.9 Å². The van der Waals surface area contributed by atoms with Crippen LogP contribution in [-0.4, -0.2) is 17.4 Å². The molecule has 0 fully saturated rings. The second-order valence-corrected chi connectivity index (χ2v) is 5.11. The Kier molecular flexibility index (Phi) is 2.65. The highest BCUT2D eigenvalue weighted by Crippen LogP contribution is 2.30. The van der Waals surface area contributed by atoms with E-state index in [1.807, 2.05) is 20.8 Å². The molecule has 1 aliphatic rings. The van der Waals surface area contributed by atoms with Gasteiger partial charge in [-0.2, -0.15) is 0 Å². The van der Waals surface area contributed by atoms with Crippen molar-refractivity contribution < 1.29 is 14.3 Å². The van der Waals surface area contributed by atoms with Gasteiger partial charge in [0.15, 0.2) is 0 Å². The maximum absolute atomic E-state index is 12.0. The predicted octanol–water partition coefficient (Wildman–Crippen LogP) is 1.81. The fourth-order valence-electron chi connectivity index (χ4n) is 1.78. The molecule has 4 nitrogen and oxygen atoms in total. The van der Waals surface area contributed by atoms with Crippen LogP contribution in [0.3, 0.4) is 0 Å². The van der Waals surface area contributed by atoms with Gasteiger partial charge in [0.25, 0.3) is 5.91 Å². The van der Waals surface area contributed by atoms with Gasteiger partial charge in [-0.05, 0) is 26.8 Å². The summed E-state index contributed by atoms with van der Waals surface area (Å²) in [4.78, 5) is 23.5. The lowest BCUT2D eigenvalue weighted by atomic mass is 10.0. The number of hydrogen-bond acceptors (Lipinski definition) is 3. The van der Waals surface area contributed by atoms with Crippen molar-refractivity contribution in [2.24, 2.45) is 0 Å². The van der Waals surface area contributed by atoms with Crippen molar-refractivity contribution in [3.05, 3.63) is 35.4 Å². The minimum Gasteiger partial charge on any atom is -0.444 e. The Morgan fingerprint density at radius 2 is 1.94 bits per heavy atom. The number of rotatable bonds is 1. The SMILES string of the molecule is CC(C)(C)NC(=O)C1OC(=O)c2ccccc21. The van der Waals surface area contributed by atoms with Gasteiger partial charge in [0.2, 0.25) is 6.10 Å². The van der Waals surface area contributed by atoms with Gasteiger partial charge in [-0.25, -0.2) is 4.79 Å². The van der Waals surface area contributed by atoms with Crippen LogP contribution in [0, 0.1) is 0 Å². The summed E-state index contributed by atoms with van der Waals surface area (Å²) in [5.41, 5.74) is 0.766. The maximum Gasteiger partial charge on any atom is 0.339 e. The topological polar surface area (TPSA) is 55.4 Å². The quantitative estimate of drug-likeness (QED) is 0.753. The molecule has 1 heterocycles. The first-order valence-corrected chi connectivity index (χ1v) is 5.50. The van der Waals surface area contributed by atoms with Crippen LogP contribution in [-0.2, 0) is 9.53 Å². The molecule has 1 amide bonds. The molecule has 0 spiro atoms. The summed E-state index contributed by atoms with van der Waals surface area (Å²) in [5.74, 6) is -0.717. The molecule has 2 rings (SSSR count). The largest absolute Gasteiger partial charge is 0.444 e. The van der Waals surface area contributed by atoms with E-state index in [-0.39, 0.29) is 11.4 Å². The van der Waals surface area contributed by atoms with Crippen LogP contribution >= 0.6 is 0 Å². The third kappa shape index (κ3) is 2.30. The van der Waals surface area contributed by atoms with Crippen LogP contribution in [0.2, 0.25) is 0 Å². The Bertz CT molecular complexity index is 474. The normalized spacial score (nSPS) is 18.5. The Hall–Kier alpha value is -1.84. The molecule has 0 aliphatic carbocycles. The molecule has 1 atom stereocenters. The zero-order valence-electron chi connectivity index (χ0n) is 10.1. The number of nitrogens with one attached hydrogen (secondary N) is 1. The lowest BCUT2D eigenvalue weighted by Crippen LogP contribution is -2.43. The molecule has 1 aromatic rings. The van der Waals surface area contributed by atoms with Crippen molar-refractivity contribution in [3.63, 3.8) is 0 Å².